The van der Waals surface area contributed by atoms with Crippen molar-refractivity contribution in [3.8, 4) is 5.69 Å². The van der Waals surface area contributed by atoms with Gasteiger partial charge in [0.1, 0.15) is 0 Å². The van der Waals surface area contributed by atoms with E-state index in [-0.39, 0.29) is 11.9 Å². The van der Waals surface area contributed by atoms with Gasteiger partial charge in [-0.3, -0.25) is 9.78 Å². The molecule has 3 aromatic rings. The van der Waals surface area contributed by atoms with Crippen LogP contribution in [0, 0.1) is 0 Å². The van der Waals surface area contributed by atoms with Crippen molar-refractivity contribution in [3.63, 3.8) is 0 Å². The molecule has 1 aliphatic rings. The summed E-state index contributed by atoms with van der Waals surface area (Å²) in [5.74, 6) is 0.00946. The van der Waals surface area contributed by atoms with Crippen LogP contribution in [0.1, 0.15) is 28.9 Å². The third-order valence-electron chi connectivity index (χ3n) is 5.74. The van der Waals surface area contributed by atoms with E-state index < -0.39 is 0 Å². The normalized spacial score (nSPS) is 15.3. The van der Waals surface area contributed by atoms with Crippen LogP contribution in [0.2, 0.25) is 5.02 Å². The van der Waals surface area contributed by atoms with Crippen LogP contribution >= 0.6 is 11.6 Å². The molecule has 4 rings (SSSR count). The van der Waals surface area contributed by atoms with E-state index in [0.717, 1.165) is 50.3 Å². The van der Waals surface area contributed by atoms with Gasteiger partial charge in [0, 0.05) is 62.3 Å². The van der Waals surface area contributed by atoms with E-state index >= 15 is 0 Å². The third kappa shape index (κ3) is 4.89. The first-order valence-corrected chi connectivity index (χ1v) is 10.7. The Morgan fingerprint density at radius 1 is 1.20 bits per heavy atom. The Morgan fingerprint density at radius 3 is 2.77 bits per heavy atom. The molecule has 1 aromatic carbocycles. The molecule has 156 valence electrons. The molecule has 7 heteroatoms. The zero-order chi connectivity index (χ0) is 20.9. The Morgan fingerprint density at radius 2 is 2.03 bits per heavy atom. The monoisotopic (exact) mass is 423 g/mol. The van der Waals surface area contributed by atoms with E-state index in [1.165, 1.54) is 0 Å². The molecular weight excluding hydrogens is 398 g/mol. The summed E-state index contributed by atoms with van der Waals surface area (Å²) in [6.45, 7) is 3.00. The van der Waals surface area contributed by atoms with Gasteiger partial charge in [-0.2, -0.15) is 5.10 Å². The Bertz CT molecular complexity index is 982. The number of piperidine rings is 1. The smallest absolute Gasteiger partial charge is 0.257 e. The van der Waals surface area contributed by atoms with Gasteiger partial charge in [-0.05, 0) is 43.2 Å². The lowest BCUT2D eigenvalue weighted by molar-refractivity contribution is 0.0643. The fourth-order valence-corrected chi connectivity index (χ4v) is 4.10. The minimum absolute atomic E-state index is 0.00946. The fraction of sp³-hybridized carbons (Fsp3) is 0.348. The van der Waals surface area contributed by atoms with Crippen molar-refractivity contribution >= 4 is 17.5 Å². The highest BCUT2D eigenvalue weighted by molar-refractivity contribution is 6.30. The number of hydrogen-bond acceptors (Lipinski definition) is 4. The van der Waals surface area contributed by atoms with Gasteiger partial charge in [-0.25, -0.2) is 4.68 Å². The molecule has 1 amide bonds. The van der Waals surface area contributed by atoms with Crippen LogP contribution in [0.3, 0.4) is 0 Å². The lowest BCUT2D eigenvalue weighted by atomic mass is 10.0. The number of carbonyl (C=O) groups is 1. The zero-order valence-electron chi connectivity index (χ0n) is 17.1. The highest BCUT2D eigenvalue weighted by Crippen LogP contribution is 2.19. The Kier molecular flexibility index (Phi) is 6.45. The molecule has 0 radical (unpaired) electrons. The summed E-state index contributed by atoms with van der Waals surface area (Å²) in [6.07, 6.45) is 8.16. The number of benzene rings is 1. The first-order chi connectivity index (χ1) is 14.6. The van der Waals surface area contributed by atoms with Crippen LogP contribution in [0.4, 0.5) is 0 Å². The Labute approximate surface area is 182 Å². The second-order valence-electron chi connectivity index (χ2n) is 7.71. The number of pyridine rings is 1. The summed E-state index contributed by atoms with van der Waals surface area (Å²) in [5.41, 5.74) is 2.56. The highest BCUT2D eigenvalue weighted by Gasteiger charge is 2.26. The molecule has 1 saturated heterocycles. The second-order valence-corrected chi connectivity index (χ2v) is 8.15. The molecule has 0 saturated carbocycles. The maximum absolute atomic E-state index is 13.0. The topological polar surface area (TPSA) is 54.3 Å². The summed E-state index contributed by atoms with van der Waals surface area (Å²) in [5, 5.41) is 4.98. The molecule has 0 unspecified atom stereocenters. The Balaban J connectivity index is 1.31. The summed E-state index contributed by atoms with van der Waals surface area (Å²) < 4.78 is 1.69. The van der Waals surface area contributed by atoms with Gasteiger partial charge in [0.25, 0.3) is 5.91 Å². The van der Waals surface area contributed by atoms with Crippen molar-refractivity contribution in [1.82, 2.24) is 24.6 Å². The van der Waals surface area contributed by atoms with E-state index in [0.29, 0.717) is 10.6 Å². The maximum atomic E-state index is 13.0. The largest absolute Gasteiger partial charge is 0.339 e. The summed E-state index contributed by atoms with van der Waals surface area (Å²) in [6, 6.07) is 13.7. The first-order valence-electron chi connectivity index (χ1n) is 10.3. The molecule has 0 atom stereocenters. The molecule has 1 aliphatic heterocycles. The van der Waals surface area contributed by atoms with E-state index in [1.807, 2.05) is 54.5 Å². The van der Waals surface area contributed by atoms with E-state index in [9.17, 15) is 4.79 Å². The zero-order valence-corrected chi connectivity index (χ0v) is 17.9. The molecule has 0 aliphatic carbocycles. The van der Waals surface area contributed by atoms with Crippen LogP contribution in [0.15, 0.2) is 61.1 Å². The number of aromatic nitrogens is 3. The number of carbonyl (C=O) groups excluding carboxylic acids is 1. The molecule has 3 heterocycles. The lowest BCUT2D eigenvalue weighted by Gasteiger charge is -2.36. The van der Waals surface area contributed by atoms with Crippen LogP contribution < -0.4 is 0 Å². The molecule has 1 fully saturated rings. The quantitative estimate of drug-likeness (QED) is 0.606. The van der Waals surface area contributed by atoms with Gasteiger partial charge in [-0.15, -0.1) is 0 Å². The van der Waals surface area contributed by atoms with E-state index in [4.69, 9.17) is 11.6 Å². The van der Waals surface area contributed by atoms with Crippen molar-refractivity contribution in [2.75, 3.05) is 26.7 Å². The Hall–Kier alpha value is -2.70. The molecule has 0 bridgehead atoms. The average Bonchev–Trinajstić information content (AvgIpc) is 3.28. The maximum Gasteiger partial charge on any atom is 0.257 e. The molecule has 0 N–H and O–H groups in total. The second kappa shape index (κ2) is 9.41. The summed E-state index contributed by atoms with van der Waals surface area (Å²) in [4.78, 5) is 21.7. The summed E-state index contributed by atoms with van der Waals surface area (Å²) in [7, 11) is 1.90. The number of halogens is 1. The van der Waals surface area contributed by atoms with Crippen LogP contribution in [0.25, 0.3) is 5.69 Å². The van der Waals surface area contributed by atoms with Crippen molar-refractivity contribution in [2.45, 2.75) is 25.3 Å². The van der Waals surface area contributed by atoms with E-state index in [2.05, 4.69) is 21.0 Å². The van der Waals surface area contributed by atoms with Crippen molar-refractivity contribution < 1.29 is 4.79 Å². The number of likely N-dealkylation sites (tertiary alicyclic amines) is 1. The number of hydrogen-bond donors (Lipinski definition) is 0. The van der Waals surface area contributed by atoms with Gasteiger partial charge in [0.15, 0.2) is 0 Å². The minimum atomic E-state index is 0.00946. The first kappa shape index (κ1) is 20.6. The van der Waals surface area contributed by atoms with Crippen molar-refractivity contribution in [2.24, 2.45) is 0 Å². The average molecular weight is 424 g/mol. The van der Waals surface area contributed by atoms with Crippen LogP contribution in [-0.2, 0) is 6.42 Å². The third-order valence-corrected chi connectivity index (χ3v) is 5.97. The van der Waals surface area contributed by atoms with Gasteiger partial charge in [0.2, 0.25) is 0 Å². The van der Waals surface area contributed by atoms with Gasteiger partial charge >= 0.3 is 0 Å². The standard InChI is InChI=1S/C23H26ClN5O/c1-27(21-9-13-28(14-10-21)12-8-20-6-2-3-11-25-20)23(30)18-16-26-29(17-18)22-7-4-5-19(24)15-22/h2-7,11,15-17,21H,8-10,12-14H2,1H3. The van der Waals surface area contributed by atoms with Crippen molar-refractivity contribution in [1.29, 1.82) is 0 Å². The van der Waals surface area contributed by atoms with Crippen LogP contribution in [-0.4, -0.2) is 63.2 Å². The van der Waals surface area contributed by atoms with Gasteiger partial charge in [0.05, 0.1) is 17.4 Å². The molecule has 30 heavy (non-hydrogen) atoms. The number of amides is 1. The predicted molar refractivity (Wildman–Crippen MR) is 118 cm³/mol. The highest BCUT2D eigenvalue weighted by atomic mass is 35.5. The summed E-state index contributed by atoms with van der Waals surface area (Å²) >= 11 is 6.06. The van der Waals surface area contributed by atoms with E-state index in [1.54, 1.807) is 17.1 Å². The van der Waals surface area contributed by atoms with Crippen LogP contribution in [0.5, 0.6) is 0 Å². The minimum Gasteiger partial charge on any atom is -0.339 e. The lowest BCUT2D eigenvalue weighted by Crippen LogP contribution is -2.46. The van der Waals surface area contributed by atoms with Gasteiger partial charge < -0.3 is 9.80 Å². The molecule has 2 aromatic heterocycles. The predicted octanol–water partition coefficient (Wildman–Crippen LogP) is 3.70. The molecule has 6 nitrogen and oxygen atoms in total. The van der Waals surface area contributed by atoms with Gasteiger partial charge in [-0.1, -0.05) is 23.7 Å². The molecular formula is C23H26ClN5O. The SMILES string of the molecule is CN(C(=O)c1cnn(-c2cccc(Cl)c2)c1)C1CCN(CCc2ccccn2)CC1. The fourth-order valence-electron chi connectivity index (χ4n) is 3.91. The van der Waals surface area contributed by atoms with Crippen molar-refractivity contribution in [3.05, 3.63) is 77.3 Å². The number of rotatable bonds is 6. The number of nitrogens with zero attached hydrogens (tertiary/aromatic N) is 5. The molecule has 0 spiro atoms.